The number of fused-ring (bicyclic) bond motifs is 18. The number of rotatable bonds is 6. The predicted molar refractivity (Wildman–Crippen MR) is 376 cm³/mol. The van der Waals surface area contributed by atoms with Gasteiger partial charge in [0, 0.05) is 48.6 Å². The zero-order valence-electron chi connectivity index (χ0n) is 51.2. The molecule has 0 saturated heterocycles. The standard InChI is InChI=1S/C86H62N4/c1-84(2)69-25-13-7-19-57(69)63-45-51(31-37-72(63)84)54-34-40-78-66(48-54)60-22-10-16-28-75(60)88(78)81-43-44-82(89-76-29-17-11-23-61(76)67-49-55(35-41-79(67)89)52-32-38-73-64(46-52)58-20-8-14-26-70(58)85(73,3)4)87-83(81)90-77-30-18-12-24-62(77)68-50-56(36-42-80(68)90)53-33-39-74-65(47-53)59-21-9-15-27-71(59)86(74,5)6/h7-50H,1-6H3. The number of para-hydroxylation sites is 3. The van der Waals surface area contributed by atoms with Crippen LogP contribution in [0.15, 0.2) is 267 Å². The monoisotopic (exact) mass is 1150 g/mol. The largest absolute Gasteiger partial charge is 0.306 e. The minimum absolute atomic E-state index is 0.0561. The maximum absolute atomic E-state index is 6.07. The fourth-order valence-corrected chi connectivity index (χ4v) is 16.8. The van der Waals surface area contributed by atoms with Gasteiger partial charge < -0.3 is 4.57 Å². The van der Waals surface area contributed by atoms with Crippen molar-refractivity contribution < 1.29 is 0 Å². The number of aromatic nitrogens is 4. The van der Waals surface area contributed by atoms with Crippen LogP contribution in [-0.4, -0.2) is 18.7 Å². The summed E-state index contributed by atoms with van der Waals surface area (Å²) >= 11 is 0. The molecule has 90 heavy (non-hydrogen) atoms. The van der Waals surface area contributed by atoms with Crippen molar-refractivity contribution in [3.63, 3.8) is 0 Å². The van der Waals surface area contributed by atoms with Crippen LogP contribution in [0.4, 0.5) is 0 Å². The molecular weight excluding hydrogens is 1090 g/mol. The van der Waals surface area contributed by atoms with E-state index in [1.54, 1.807) is 0 Å². The Hall–Kier alpha value is -10.8. The van der Waals surface area contributed by atoms with Crippen LogP contribution in [0.25, 0.3) is 150 Å². The average Bonchev–Trinajstić information content (AvgIpc) is 1.64. The van der Waals surface area contributed by atoms with E-state index in [9.17, 15) is 0 Å². The summed E-state index contributed by atoms with van der Waals surface area (Å²) < 4.78 is 7.29. The molecule has 0 amide bonds. The molecule has 4 aromatic heterocycles. The van der Waals surface area contributed by atoms with Crippen molar-refractivity contribution in [1.82, 2.24) is 18.7 Å². The number of pyridine rings is 1. The van der Waals surface area contributed by atoms with Crippen molar-refractivity contribution in [2.75, 3.05) is 0 Å². The predicted octanol–water partition coefficient (Wildman–Crippen LogP) is 22.3. The van der Waals surface area contributed by atoms with Gasteiger partial charge in [-0.15, -0.1) is 0 Å². The van der Waals surface area contributed by atoms with Crippen molar-refractivity contribution in [2.24, 2.45) is 0 Å². The van der Waals surface area contributed by atoms with E-state index < -0.39 is 0 Å². The Morgan fingerprint density at radius 2 is 0.533 bits per heavy atom. The zero-order valence-corrected chi connectivity index (χ0v) is 51.2. The number of hydrogen-bond donors (Lipinski definition) is 0. The molecule has 3 aliphatic carbocycles. The summed E-state index contributed by atoms with van der Waals surface area (Å²) in [6, 6.07) is 101. The summed E-state index contributed by atoms with van der Waals surface area (Å²) in [6.07, 6.45) is 0. The first-order valence-corrected chi connectivity index (χ1v) is 31.8. The second-order valence-electron chi connectivity index (χ2n) is 27.1. The molecule has 0 aliphatic heterocycles. The SMILES string of the molecule is CC1(C)c2ccccc2-c2cc(-c3ccc4c(c3)c3ccccc3n4-c3ccc(-n4c5ccccc5c5cc(-c6ccc7c(c6)-c6ccccc6C7(C)C)ccc54)c(-n4c5ccccc5c5cc(-c6ccc7c(c6)-c6ccccc6C7(C)C)ccc54)n3)ccc21. The molecule has 0 radical (unpaired) electrons. The molecule has 4 heterocycles. The Morgan fingerprint density at radius 3 is 0.956 bits per heavy atom. The molecule has 0 saturated carbocycles. The Kier molecular flexibility index (Phi) is 10.3. The van der Waals surface area contributed by atoms with Crippen LogP contribution in [0.3, 0.4) is 0 Å². The molecule has 12 aromatic carbocycles. The van der Waals surface area contributed by atoms with Crippen molar-refractivity contribution in [1.29, 1.82) is 0 Å². The minimum Gasteiger partial charge on any atom is -0.306 e. The third-order valence-electron chi connectivity index (χ3n) is 21.3. The van der Waals surface area contributed by atoms with Gasteiger partial charge in [-0.3, -0.25) is 9.13 Å². The first-order valence-electron chi connectivity index (χ1n) is 31.8. The Bertz CT molecular complexity index is 5830. The molecule has 0 unspecified atom stereocenters. The van der Waals surface area contributed by atoms with E-state index in [1.807, 2.05) is 0 Å². The summed E-state index contributed by atoms with van der Waals surface area (Å²) in [6.45, 7) is 14.1. The molecule has 0 fully saturated rings. The van der Waals surface area contributed by atoms with Crippen LogP contribution in [0.2, 0.25) is 0 Å². The molecular formula is C86H62N4. The van der Waals surface area contributed by atoms with Gasteiger partial charge >= 0.3 is 0 Å². The van der Waals surface area contributed by atoms with Crippen LogP contribution in [0, 0.1) is 0 Å². The highest BCUT2D eigenvalue weighted by atomic mass is 15.2. The number of hydrogen-bond acceptors (Lipinski definition) is 1. The normalized spacial score (nSPS) is 14.6. The summed E-state index contributed by atoms with van der Waals surface area (Å²) in [5, 5.41) is 7.12. The summed E-state index contributed by atoms with van der Waals surface area (Å²) in [5.41, 5.74) is 30.9. The third kappa shape index (κ3) is 6.93. The second-order valence-corrected chi connectivity index (χ2v) is 27.1. The highest BCUT2D eigenvalue weighted by molar-refractivity contribution is 6.14. The Labute approximate surface area is 523 Å². The fraction of sp³-hybridized carbons (Fsp3) is 0.105. The van der Waals surface area contributed by atoms with Crippen molar-refractivity contribution in [3.05, 3.63) is 300 Å². The lowest BCUT2D eigenvalue weighted by molar-refractivity contribution is 0.660. The molecule has 0 spiro atoms. The van der Waals surface area contributed by atoms with E-state index in [1.165, 1.54) is 132 Å². The third-order valence-corrected chi connectivity index (χ3v) is 21.3. The van der Waals surface area contributed by atoms with Gasteiger partial charge in [-0.05, 0) is 185 Å². The van der Waals surface area contributed by atoms with Crippen LogP contribution in [-0.2, 0) is 16.2 Å². The summed E-state index contributed by atoms with van der Waals surface area (Å²) in [7, 11) is 0. The van der Waals surface area contributed by atoms with Gasteiger partial charge in [0.15, 0.2) is 5.82 Å². The van der Waals surface area contributed by atoms with Crippen LogP contribution >= 0.6 is 0 Å². The molecule has 426 valence electrons. The van der Waals surface area contributed by atoms with Gasteiger partial charge in [0.2, 0.25) is 0 Å². The Morgan fingerprint density at radius 1 is 0.233 bits per heavy atom. The first kappa shape index (κ1) is 51.3. The topological polar surface area (TPSA) is 27.7 Å². The molecule has 0 bridgehead atoms. The van der Waals surface area contributed by atoms with Gasteiger partial charge in [0.1, 0.15) is 5.82 Å². The molecule has 0 atom stereocenters. The van der Waals surface area contributed by atoms with Crippen molar-refractivity contribution >= 4 is 65.4 Å². The smallest absolute Gasteiger partial charge is 0.164 e. The zero-order chi connectivity index (χ0) is 60.1. The van der Waals surface area contributed by atoms with Gasteiger partial charge in [-0.1, -0.05) is 224 Å². The molecule has 4 heteroatoms. The van der Waals surface area contributed by atoms with Gasteiger partial charge in [-0.2, -0.15) is 0 Å². The van der Waals surface area contributed by atoms with E-state index in [4.69, 9.17) is 4.98 Å². The second kappa shape index (κ2) is 18.2. The van der Waals surface area contributed by atoms with Gasteiger partial charge in [0.25, 0.3) is 0 Å². The first-order chi connectivity index (χ1) is 43.9. The van der Waals surface area contributed by atoms with Crippen LogP contribution in [0.5, 0.6) is 0 Å². The van der Waals surface area contributed by atoms with E-state index >= 15 is 0 Å². The molecule has 0 N–H and O–H groups in total. The lowest BCUT2D eigenvalue weighted by atomic mass is 9.82. The van der Waals surface area contributed by atoms with E-state index in [0.717, 1.165) is 50.4 Å². The van der Waals surface area contributed by atoms with Crippen molar-refractivity contribution in [3.8, 4) is 84.1 Å². The number of benzene rings is 12. The highest BCUT2D eigenvalue weighted by Gasteiger charge is 2.38. The molecule has 19 rings (SSSR count). The number of nitrogens with zero attached hydrogens (tertiary/aromatic N) is 4. The summed E-state index contributed by atoms with van der Waals surface area (Å²) in [5.74, 6) is 1.69. The van der Waals surface area contributed by atoms with E-state index in [0.29, 0.717) is 0 Å². The minimum atomic E-state index is -0.0664. The van der Waals surface area contributed by atoms with Crippen LogP contribution in [0.1, 0.15) is 74.9 Å². The van der Waals surface area contributed by atoms with E-state index in [2.05, 4.69) is 322 Å². The lowest BCUT2D eigenvalue weighted by Crippen LogP contribution is -2.14. The molecule has 16 aromatic rings. The maximum atomic E-state index is 6.07. The highest BCUT2D eigenvalue weighted by Crippen LogP contribution is 2.53. The molecule has 3 aliphatic rings. The van der Waals surface area contributed by atoms with Gasteiger partial charge in [0.05, 0.1) is 38.8 Å². The molecule has 4 nitrogen and oxygen atoms in total. The van der Waals surface area contributed by atoms with Crippen LogP contribution < -0.4 is 0 Å². The van der Waals surface area contributed by atoms with E-state index in [-0.39, 0.29) is 16.2 Å². The summed E-state index contributed by atoms with van der Waals surface area (Å²) in [4.78, 5) is 6.07. The Balaban J connectivity index is 0.824. The van der Waals surface area contributed by atoms with Crippen molar-refractivity contribution in [2.45, 2.75) is 57.8 Å². The lowest BCUT2D eigenvalue weighted by Gasteiger charge is -2.21. The average molecular weight is 1150 g/mol. The quantitative estimate of drug-likeness (QED) is 0.163. The maximum Gasteiger partial charge on any atom is 0.164 e. The van der Waals surface area contributed by atoms with Gasteiger partial charge in [-0.25, -0.2) is 4.98 Å². The fourth-order valence-electron chi connectivity index (χ4n) is 16.8.